The second kappa shape index (κ2) is 6.65. The summed E-state index contributed by atoms with van der Waals surface area (Å²) in [5.41, 5.74) is -0.595. The molecule has 0 unspecified atom stereocenters. The first kappa shape index (κ1) is 16.7. The van der Waals surface area contributed by atoms with Crippen molar-refractivity contribution in [3.05, 3.63) is 23.9 Å². The van der Waals surface area contributed by atoms with Gasteiger partial charge in [-0.3, -0.25) is 4.79 Å². The predicted octanol–water partition coefficient (Wildman–Crippen LogP) is 2.57. The molecule has 1 saturated carbocycles. The standard InChI is InChI=1S/C17H26N2O3/c1-16(2,3)22-14-8-7-13(11-18-14)12-19-15(20)17(21)9-5-4-6-10-17/h7-8,11,21H,4-6,9-10,12H2,1-3H3,(H,19,20). The Morgan fingerprint density at radius 2 is 2.00 bits per heavy atom. The van der Waals surface area contributed by atoms with Gasteiger partial charge in [0, 0.05) is 18.8 Å². The molecule has 1 aromatic rings. The van der Waals surface area contributed by atoms with Gasteiger partial charge < -0.3 is 15.2 Å². The lowest BCUT2D eigenvalue weighted by molar-refractivity contribution is -0.143. The SMILES string of the molecule is CC(C)(C)Oc1ccc(CNC(=O)C2(O)CCCCC2)cn1. The molecule has 0 bridgehead atoms. The minimum absolute atomic E-state index is 0.276. The highest BCUT2D eigenvalue weighted by atomic mass is 16.5. The van der Waals surface area contributed by atoms with E-state index in [9.17, 15) is 9.90 Å². The molecule has 1 aromatic heterocycles. The average molecular weight is 306 g/mol. The largest absolute Gasteiger partial charge is 0.472 e. The van der Waals surface area contributed by atoms with Crippen LogP contribution in [0.25, 0.3) is 0 Å². The Morgan fingerprint density at radius 3 is 2.55 bits per heavy atom. The number of nitrogens with zero attached hydrogens (tertiary/aromatic N) is 1. The smallest absolute Gasteiger partial charge is 0.252 e. The molecular formula is C17H26N2O3. The van der Waals surface area contributed by atoms with Crippen molar-refractivity contribution < 1.29 is 14.6 Å². The van der Waals surface area contributed by atoms with E-state index in [1.807, 2.05) is 26.8 Å². The van der Waals surface area contributed by atoms with Crippen molar-refractivity contribution in [3.8, 4) is 5.88 Å². The molecule has 2 rings (SSSR count). The number of hydrogen-bond donors (Lipinski definition) is 2. The lowest BCUT2D eigenvalue weighted by Crippen LogP contribution is -2.47. The Hall–Kier alpha value is -1.62. The zero-order valence-corrected chi connectivity index (χ0v) is 13.7. The first-order chi connectivity index (χ1) is 10.3. The minimum Gasteiger partial charge on any atom is -0.472 e. The topological polar surface area (TPSA) is 71.5 Å². The fraction of sp³-hybridized carbons (Fsp3) is 0.647. The fourth-order valence-electron chi connectivity index (χ4n) is 2.60. The molecule has 1 heterocycles. The van der Waals surface area contributed by atoms with E-state index in [0.29, 0.717) is 25.3 Å². The van der Waals surface area contributed by atoms with Crippen molar-refractivity contribution in [2.24, 2.45) is 0 Å². The lowest BCUT2D eigenvalue weighted by Gasteiger charge is -2.30. The number of pyridine rings is 1. The van der Waals surface area contributed by atoms with Crippen LogP contribution in [0.3, 0.4) is 0 Å². The molecule has 2 N–H and O–H groups in total. The van der Waals surface area contributed by atoms with Crippen LogP contribution in [-0.2, 0) is 11.3 Å². The van der Waals surface area contributed by atoms with Gasteiger partial charge >= 0.3 is 0 Å². The molecule has 1 amide bonds. The number of rotatable bonds is 4. The highest BCUT2D eigenvalue weighted by Crippen LogP contribution is 2.28. The molecule has 0 aliphatic heterocycles. The third kappa shape index (κ3) is 4.70. The van der Waals surface area contributed by atoms with E-state index >= 15 is 0 Å². The van der Waals surface area contributed by atoms with Crippen LogP contribution in [0, 0.1) is 0 Å². The summed E-state index contributed by atoms with van der Waals surface area (Å²) < 4.78 is 5.66. The van der Waals surface area contributed by atoms with Crippen molar-refractivity contribution in [1.29, 1.82) is 0 Å². The van der Waals surface area contributed by atoms with Gasteiger partial charge in [-0.2, -0.15) is 0 Å². The van der Waals surface area contributed by atoms with Gasteiger partial charge in [-0.15, -0.1) is 0 Å². The maximum Gasteiger partial charge on any atom is 0.252 e. The highest BCUT2D eigenvalue weighted by molar-refractivity contribution is 5.84. The van der Waals surface area contributed by atoms with Crippen molar-refractivity contribution in [3.63, 3.8) is 0 Å². The van der Waals surface area contributed by atoms with Crippen LogP contribution < -0.4 is 10.1 Å². The fourth-order valence-corrected chi connectivity index (χ4v) is 2.60. The van der Waals surface area contributed by atoms with Gasteiger partial charge in [0.1, 0.15) is 11.2 Å². The number of carbonyl (C=O) groups is 1. The van der Waals surface area contributed by atoms with E-state index in [2.05, 4.69) is 10.3 Å². The quantitative estimate of drug-likeness (QED) is 0.897. The summed E-state index contributed by atoms with van der Waals surface area (Å²) >= 11 is 0. The van der Waals surface area contributed by atoms with Gasteiger partial charge in [0.2, 0.25) is 5.88 Å². The minimum atomic E-state index is -1.19. The zero-order chi connectivity index (χ0) is 16.2. The molecule has 5 nitrogen and oxygen atoms in total. The molecule has 0 radical (unpaired) electrons. The summed E-state index contributed by atoms with van der Waals surface area (Å²) in [5, 5.41) is 13.1. The van der Waals surface area contributed by atoms with E-state index < -0.39 is 5.60 Å². The normalized spacial score (nSPS) is 17.8. The Kier molecular flexibility index (Phi) is 5.06. The maximum absolute atomic E-state index is 12.1. The lowest BCUT2D eigenvalue weighted by atomic mass is 9.84. The number of ether oxygens (including phenoxy) is 1. The summed E-state index contributed by atoms with van der Waals surface area (Å²) in [6, 6.07) is 3.67. The second-order valence-electron chi connectivity index (χ2n) is 6.99. The van der Waals surface area contributed by atoms with Crippen LogP contribution >= 0.6 is 0 Å². The van der Waals surface area contributed by atoms with Crippen LogP contribution in [0.15, 0.2) is 18.3 Å². The van der Waals surface area contributed by atoms with E-state index in [1.165, 1.54) is 0 Å². The third-order valence-electron chi connectivity index (χ3n) is 3.76. The Bertz CT molecular complexity index is 500. The first-order valence-corrected chi connectivity index (χ1v) is 7.93. The molecule has 5 heteroatoms. The zero-order valence-electron chi connectivity index (χ0n) is 13.7. The van der Waals surface area contributed by atoms with Crippen LogP contribution in [0.5, 0.6) is 5.88 Å². The summed E-state index contributed by atoms with van der Waals surface area (Å²) in [7, 11) is 0. The number of nitrogens with one attached hydrogen (secondary N) is 1. The first-order valence-electron chi connectivity index (χ1n) is 7.93. The van der Waals surface area contributed by atoms with Crippen molar-refractivity contribution in [2.45, 2.75) is 70.6 Å². The average Bonchev–Trinajstić information content (AvgIpc) is 2.45. The molecule has 0 atom stereocenters. The Balaban J connectivity index is 1.87. The maximum atomic E-state index is 12.1. The van der Waals surface area contributed by atoms with E-state index in [1.54, 1.807) is 12.3 Å². The third-order valence-corrected chi connectivity index (χ3v) is 3.76. The number of hydrogen-bond acceptors (Lipinski definition) is 4. The van der Waals surface area contributed by atoms with Crippen molar-refractivity contribution >= 4 is 5.91 Å². The van der Waals surface area contributed by atoms with E-state index in [4.69, 9.17) is 4.74 Å². The van der Waals surface area contributed by atoms with E-state index in [0.717, 1.165) is 24.8 Å². The molecule has 0 aromatic carbocycles. The molecule has 22 heavy (non-hydrogen) atoms. The molecular weight excluding hydrogens is 280 g/mol. The molecule has 1 aliphatic carbocycles. The molecule has 1 aliphatic rings. The molecule has 1 fully saturated rings. The van der Waals surface area contributed by atoms with Gasteiger partial charge in [-0.05, 0) is 39.2 Å². The number of aromatic nitrogens is 1. The van der Waals surface area contributed by atoms with Crippen LogP contribution in [0.4, 0.5) is 0 Å². The number of aliphatic hydroxyl groups is 1. The molecule has 0 saturated heterocycles. The van der Waals surface area contributed by atoms with Gasteiger partial charge in [0.15, 0.2) is 0 Å². The summed E-state index contributed by atoms with van der Waals surface area (Å²) in [5.74, 6) is 0.288. The number of carbonyl (C=O) groups excluding carboxylic acids is 1. The van der Waals surface area contributed by atoms with Gasteiger partial charge in [0.05, 0.1) is 0 Å². The molecule has 122 valence electrons. The predicted molar refractivity (Wildman–Crippen MR) is 84.5 cm³/mol. The second-order valence-corrected chi connectivity index (χ2v) is 6.99. The van der Waals surface area contributed by atoms with E-state index in [-0.39, 0.29) is 11.5 Å². The molecule has 0 spiro atoms. The highest BCUT2D eigenvalue weighted by Gasteiger charge is 2.36. The van der Waals surface area contributed by atoms with Gasteiger partial charge in [-0.25, -0.2) is 4.98 Å². The Labute approximate surface area is 132 Å². The van der Waals surface area contributed by atoms with Crippen LogP contribution in [0.1, 0.15) is 58.4 Å². The number of amides is 1. The Morgan fingerprint density at radius 1 is 1.32 bits per heavy atom. The van der Waals surface area contributed by atoms with Crippen LogP contribution in [0.2, 0.25) is 0 Å². The summed E-state index contributed by atoms with van der Waals surface area (Å²) in [6.45, 7) is 6.26. The summed E-state index contributed by atoms with van der Waals surface area (Å²) in [6.07, 6.45) is 5.69. The van der Waals surface area contributed by atoms with Gasteiger partial charge in [-0.1, -0.05) is 25.3 Å². The van der Waals surface area contributed by atoms with Crippen molar-refractivity contribution in [1.82, 2.24) is 10.3 Å². The summed E-state index contributed by atoms with van der Waals surface area (Å²) in [4.78, 5) is 16.4. The van der Waals surface area contributed by atoms with Crippen LogP contribution in [-0.4, -0.2) is 27.2 Å². The van der Waals surface area contributed by atoms with Crippen molar-refractivity contribution in [2.75, 3.05) is 0 Å². The van der Waals surface area contributed by atoms with Gasteiger partial charge in [0.25, 0.3) is 5.91 Å². The monoisotopic (exact) mass is 306 g/mol.